The zero-order valence-corrected chi connectivity index (χ0v) is 13.5. The van der Waals surface area contributed by atoms with Crippen molar-refractivity contribution in [3.8, 4) is 5.75 Å². The van der Waals surface area contributed by atoms with Gasteiger partial charge < -0.3 is 4.74 Å². The lowest BCUT2D eigenvalue weighted by molar-refractivity contribution is -0.157. The maximum Gasteiger partial charge on any atom is 0.324 e. The molecule has 2 rings (SSSR count). The third kappa shape index (κ3) is 4.02. The highest BCUT2D eigenvalue weighted by Gasteiger charge is 2.20. The van der Waals surface area contributed by atoms with Crippen molar-refractivity contribution >= 4 is 11.6 Å². The van der Waals surface area contributed by atoms with Crippen LogP contribution in [0.3, 0.4) is 0 Å². The maximum absolute atomic E-state index is 13.2. The normalized spacial score (nSPS) is 12.1. The van der Waals surface area contributed by atoms with Crippen LogP contribution in [-0.4, -0.2) is 30.2 Å². The Kier molecular flexibility index (Phi) is 5.41. The monoisotopic (exact) mass is 333 g/mol. The minimum Gasteiger partial charge on any atom is -0.445 e. The summed E-state index contributed by atoms with van der Waals surface area (Å²) < 4.78 is 30.7. The molecule has 6 heteroatoms. The van der Waals surface area contributed by atoms with Crippen LogP contribution < -0.4 is 4.74 Å². The predicted octanol–water partition coefficient (Wildman–Crippen LogP) is 3.82. The van der Waals surface area contributed by atoms with Gasteiger partial charge in [0.2, 0.25) is 11.6 Å². The Morgan fingerprint density at radius 1 is 1.04 bits per heavy atom. The van der Waals surface area contributed by atoms with Crippen molar-refractivity contribution in [2.45, 2.75) is 20.3 Å². The summed E-state index contributed by atoms with van der Waals surface area (Å²) in [5.41, 5.74) is 1.76. The molecule has 126 valence electrons. The number of alkyl halides is 1. The minimum absolute atomic E-state index is 0.0894. The Hall–Kier alpha value is -2.60. The molecule has 0 amide bonds. The molecule has 0 aliphatic heterocycles. The second kappa shape index (κ2) is 7.31. The van der Waals surface area contributed by atoms with E-state index >= 15 is 0 Å². The summed E-state index contributed by atoms with van der Waals surface area (Å²) in [5.74, 6) is -1.21. The summed E-state index contributed by atoms with van der Waals surface area (Å²) in [4.78, 5) is 24.6. The van der Waals surface area contributed by atoms with E-state index in [0.29, 0.717) is 11.1 Å². The topological polar surface area (TPSA) is 46.6 Å². The summed E-state index contributed by atoms with van der Waals surface area (Å²) in [7, 11) is 0.887. The smallest absolute Gasteiger partial charge is 0.324 e. The molecule has 0 N–H and O–H groups in total. The molecule has 0 saturated carbocycles. The van der Waals surface area contributed by atoms with Crippen LogP contribution in [0.15, 0.2) is 42.5 Å². The quantitative estimate of drug-likeness (QED) is 0.265. The molecule has 0 spiro atoms. The van der Waals surface area contributed by atoms with Gasteiger partial charge in [0.15, 0.2) is 0 Å². The van der Waals surface area contributed by atoms with E-state index < -0.39 is 18.0 Å². The van der Waals surface area contributed by atoms with Gasteiger partial charge in [-0.15, -0.1) is 4.48 Å². The van der Waals surface area contributed by atoms with Gasteiger partial charge in [0.25, 0.3) is 0 Å². The number of hydrogen-bond donors (Lipinski definition) is 0. The molecule has 0 bridgehead atoms. The van der Waals surface area contributed by atoms with E-state index in [1.54, 1.807) is 25.1 Å². The first-order chi connectivity index (χ1) is 11.3. The molecule has 0 heterocycles. The first kappa shape index (κ1) is 17.7. The zero-order chi connectivity index (χ0) is 17.9. The van der Waals surface area contributed by atoms with E-state index in [0.717, 1.165) is 12.6 Å². The molecule has 2 aromatic rings. The van der Waals surface area contributed by atoms with Gasteiger partial charge >= 0.3 is 6.48 Å². The van der Waals surface area contributed by atoms with Gasteiger partial charge in [-0.05, 0) is 43.7 Å². The van der Waals surface area contributed by atoms with Gasteiger partial charge in [-0.2, -0.15) is 4.39 Å². The molecule has 0 aliphatic rings. The molecule has 0 aliphatic carbocycles. The van der Waals surface area contributed by atoms with Gasteiger partial charge in [-0.25, -0.2) is 0 Å². The molecule has 2 aromatic carbocycles. The molecular weight excluding hydrogens is 316 g/mol. The molecule has 0 saturated heterocycles. The fourth-order valence-corrected chi connectivity index (χ4v) is 2.15. The fraction of sp³-hybridized carbons (Fsp3) is 0.222. The van der Waals surface area contributed by atoms with Crippen molar-refractivity contribution in [1.82, 2.24) is 5.12 Å². The number of benzene rings is 2. The Bertz CT molecular complexity index is 775. The van der Waals surface area contributed by atoms with Crippen molar-refractivity contribution in [3.05, 3.63) is 64.7 Å². The predicted molar refractivity (Wildman–Crippen MR) is 85.4 cm³/mol. The molecule has 1 atom stereocenters. The van der Waals surface area contributed by atoms with Crippen LogP contribution in [0, 0.1) is 13.8 Å². The van der Waals surface area contributed by atoms with E-state index in [2.05, 4.69) is 0 Å². The summed E-state index contributed by atoms with van der Waals surface area (Å²) in [5, 5.41) is -0.222. The van der Waals surface area contributed by atoms with Crippen LogP contribution >= 0.6 is 0 Å². The van der Waals surface area contributed by atoms with Gasteiger partial charge in [0, 0.05) is 18.2 Å². The molecule has 24 heavy (non-hydrogen) atoms. The minimum atomic E-state index is -2.25. The first-order valence-corrected chi connectivity index (χ1v) is 7.25. The Morgan fingerprint density at radius 2 is 1.67 bits per heavy atom. The summed E-state index contributed by atoms with van der Waals surface area (Å²) in [6.07, 6.45) is 0. The number of hydrogen-bond acceptors (Lipinski definition) is 4. The molecular formula is C18H17F2NO3. The number of nitrogens with zero attached hydrogens (tertiary/aromatic N) is 1. The number of carbonyl (C=O) groups excluding carboxylic acids is 2. The highest BCUT2D eigenvalue weighted by atomic mass is 19.2. The van der Waals surface area contributed by atoms with Crippen molar-refractivity contribution in [2.75, 3.05) is 7.05 Å². The Labute approximate surface area is 138 Å². The molecule has 1 unspecified atom stereocenters. The van der Waals surface area contributed by atoms with E-state index in [1.165, 1.54) is 18.2 Å². The zero-order valence-electron chi connectivity index (χ0n) is 13.5. The van der Waals surface area contributed by atoms with Crippen LogP contribution in [0.2, 0.25) is 0 Å². The van der Waals surface area contributed by atoms with Crippen molar-refractivity contribution in [3.63, 3.8) is 0 Å². The van der Waals surface area contributed by atoms with Crippen LogP contribution in [0.4, 0.5) is 8.87 Å². The molecule has 4 nitrogen and oxygen atoms in total. The van der Waals surface area contributed by atoms with Crippen molar-refractivity contribution < 1.29 is 23.2 Å². The number of ketones is 2. The van der Waals surface area contributed by atoms with E-state index in [1.807, 2.05) is 13.0 Å². The number of aryl methyl sites for hydroxylation is 2. The Morgan fingerprint density at radius 3 is 2.21 bits per heavy atom. The van der Waals surface area contributed by atoms with Gasteiger partial charge in [0.05, 0.1) is 0 Å². The average Bonchev–Trinajstić information content (AvgIpc) is 2.55. The van der Waals surface area contributed by atoms with Crippen molar-refractivity contribution in [1.29, 1.82) is 0 Å². The standard InChI is InChI=1S/C18H17F2NO3/c1-11-5-4-6-13(9-11)16(22)17(23)14-7-8-15(12(2)10-14)24-18(19)21(3)20/h4-10,18H,1-3H3. The number of carbonyl (C=O) groups is 2. The average molecular weight is 333 g/mol. The van der Waals surface area contributed by atoms with Crippen LogP contribution in [-0.2, 0) is 0 Å². The highest BCUT2D eigenvalue weighted by Crippen LogP contribution is 2.22. The number of halogens is 2. The van der Waals surface area contributed by atoms with Gasteiger partial charge in [-0.1, -0.05) is 28.9 Å². The lowest BCUT2D eigenvalue weighted by Crippen LogP contribution is -2.25. The largest absolute Gasteiger partial charge is 0.445 e. The third-order valence-corrected chi connectivity index (χ3v) is 3.43. The molecule has 0 aromatic heterocycles. The van der Waals surface area contributed by atoms with E-state index in [4.69, 9.17) is 4.74 Å². The maximum atomic E-state index is 13.2. The second-order valence-corrected chi connectivity index (χ2v) is 5.44. The number of rotatable bonds is 6. The highest BCUT2D eigenvalue weighted by molar-refractivity contribution is 6.49. The van der Waals surface area contributed by atoms with Gasteiger partial charge in [0.1, 0.15) is 5.75 Å². The number of Topliss-reactive ketones (excluding diaryl/α,β-unsaturated/α-hetero) is 2. The van der Waals surface area contributed by atoms with Crippen LogP contribution in [0.5, 0.6) is 5.75 Å². The third-order valence-electron chi connectivity index (χ3n) is 3.43. The fourth-order valence-electron chi connectivity index (χ4n) is 2.15. The molecule has 0 radical (unpaired) electrons. The van der Waals surface area contributed by atoms with Crippen molar-refractivity contribution in [2.24, 2.45) is 0 Å². The van der Waals surface area contributed by atoms with E-state index in [-0.39, 0.29) is 16.4 Å². The number of ether oxygens (including phenoxy) is 1. The van der Waals surface area contributed by atoms with Crippen LogP contribution in [0.25, 0.3) is 0 Å². The lowest BCUT2D eigenvalue weighted by Gasteiger charge is -2.15. The summed E-state index contributed by atoms with van der Waals surface area (Å²) in [6.45, 7) is 1.15. The first-order valence-electron chi connectivity index (χ1n) is 7.25. The van der Waals surface area contributed by atoms with E-state index in [9.17, 15) is 18.5 Å². The van der Waals surface area contributed by atoms with Gasteiger partial charge in [-0.3, -0.25) is 9.59 Å². The lowest BCUT2D eigenvalue weighted by atomic mass is 9.99. The Balaban J connectivity index is 2.22. The van der Waals surface area contributed by atoms with Crippen LogP contribution in [0.1, 0.15) is 31.8 Å². The summed E-state index contributed by atoms with van der Waals surface area (Å²) >= 11 is 0. The second-order valence-electron chi connectivity index (χ2n) is 5.44. The summed E-state index contributed by atoms with van der Waals surface area (Å²) in [6, 6.07) is 10.8. The SMILES string of the molecule is Cc1cccc(C(=O)C(=O)c2ccc(OC(F)N(C)F)c(C)c2)c1. The molecule has 0 fully saturated rings.